The Kier molecular flexibility index (Phi) is 13.0. The highest BCUT2D eigenvalue weighted by Gasteiger charge is 2.13. The highest BCUT2D eigenvalue weighted by molar-refractivity contribution is 5.85. The fourth-order valence-corrected chi connectivity index (χ4v) is 2.70. The molecule has 0 unspecified atom stereocenters. The van der Waals surface area contributed by atoms with Crippen molar-refractivity contribution in [2.45, 2.75) is 25.9 Å². The van der Waals surface area contributed by atoms with Crippen molar-refractivity contribution in [1.82, 2.24) is 15.5 Å². The van der Waals surface area contributed by atoms with Gasteiger partial charge in [-0.05, 0) is 37.1 Å². The second-order valence-corrected chi connectivity index (χ2v) is 5.70. The van der Waals surface area contributed by atoms with E-state index in [1.165, 1.54) is 37.1 Å². The van der Waals surface area contributed by atoms with Gasteiger partial charge in [0.2, 0.25) is 5.91 Å². The third kappa shape index (κ3) is 8.31. The quantitative estimate of drug-likeness (QED) is 0.646. The first-order valence-corrected chi connectivity index (χ1v) is 8.05. The topological polar surface area (TPSA) is 53.6 Å². The molecular formula is C17H29Cl2N3O2. The molecule has 1 aromatic carbocycles. The van der Waals surface area contributed by atoms with Crippen LogP contribution in [0.25, 0.3) is 0 Å². The van der Waals surface area contributed by atoms with Crippen LogP contribution < -0.4 is 10.6 Å². The van der Waals surface area contributed by atoms with E-state index in [4.69, 9.17) is 4.74 Å². The zero-order valence-corrected chi connectivity index (χ0v) is 15.9. The number of ether oxygens (including phenoxy) is 1. The number of benzene rings is 1. The lowest BCUT2D eigenvalue weighted by Gasteiger charge is -2.17. The van der Waals surface area contributed by atoms with Gasteiger partial charge < -0.3 is 15.4 Å². The Morgan fingerprint density at radius 3 is 2.50 bits per heavy atom. The minimum atomic E-state index is 0. The molecule has 5 nitrogen and oxygen atoms in total. The van der Waals surface area contributed by atoms with Crippen molar-refractivity contribution < 1.29 is 9.53 Å². The van der Waals surface area contributed by atoms with E-state index in [0.29, 0.717) is 26.2 Å². The van der Waals surface area contributed by atoms with E-state index in [9.17, 15) is 4.79 Å². The van der Waals surface area contributed by atoms with Gasteiger partial charge in [0, 0.05) is 26.7 Å². The summed E-state index contributed by atoms with van der Waals surface area (Å²) in [5.74, 6) is 0.0204. The first-order valence-electron chi connectivity index (χ1n) is 8.05. The maximum Gasteiger partial charge on any atom is 0.234 e. The molecule has 0 saturated carbocycles. The van der Waals surface area contributed by atoms with Gasteiger partial charge in [0.05, 0.1) is 13.2 Å². The van der Waals surface area contributed by atoms with Gasteiger partial charge in [0.15, 0.2) is 0 Å². The lowest BCUT2D eigenvalue weighted by Crippen LogP contribution is -2.35. The number of carbonyl (C=O) groups is 1. The largest absolute Gasteiger partial charge is 0.383 e. The summed E-state index contributed by atoms with van der Waals surface area (Å²) >= 11 is 0. The van der Waals surface area contributed by atoms with Crippen LogP contribution >= 0.6 is 24.8 Å². The van der Waals surface area contributed by atoms with E-state index in [-0.39, 0.29) is 30.7 Å². The molecule has 0 spiro atoms. The molecule has 2 N–H and O–H groups in total. The Morgan fingerprint density at radius 2 is 1.83 bits per heavy atom. The molecule has 1 aromatic rings. The van der Waals surface area contributed by atoms with Gasteiger partial charge in [-0.3, -0.25) is 9.69 Å². The Labute approximate surface area is 157 Å². The van der Waals surface area contributed by atoms with Crippen molar-refractivity contribution in [2.75, 3.05) is 39.9 Å². The van der Waals surface area contributed by atoms with Gasteiger partial charge in [-0.15, -0.1) is 24.8 Å². The average molecular weight is 378 g/mol. The lowest BCUT2D eigenvalue weighted by atomic mass is 10.1. The summed E-state index contributed by atoms with van der Waals surface area (Å²) in [5.41, 5.74) is 2.52. The normalized spacial score (nSPS) is 13.9. The summed E-state index contributed by atoms with van der Waals surface area (Å²) in [6.07, 6.45) is 2.60. The zero-order valence-electron chi connectivity index (χ0n) is 14.3. The van der Waals surface area contributed by atoms with E-state index in [1.807, 2.05) is 6.07 Å². The molecule has 0 aromatic heterocycles. The first kappa shape index (κ1) is 23.1. The summed E-state index contributed by atoms with van der Waals surface area (Å²) in [4.78, 5) is 14.3. The SMILES string of the molecule is COCCNCC(=O)NCc1ccccc1CN1CCCC1.Cl.Cl. The summed E-state index contributed by atoms with van der Waals surface area (Å²) in [7, 11) is 1.65. The summed E-state index contributed by atoms with van der Waals surface area (Å²) < 4.78 is 4.93. The molecule has 0 atom stereocenters. The number of amides is 1. The Morgan fingerprint density at radius 1 is 1.17 bits per heavy atom. The molecule has 138 valence electrons. The molecule has 1 saturated heterocycles. The van der Waals surface area contributed by atoms with E-state index >= 15 is 0 Å². The van der Waals surface area contributed by atoms with Crippen LogP contribution in [0.15, 0.2) is 24.3 Å². The molecule has 24 heavy (non-hydrogen) atoms. The van der Waals surface area contributed by atoms with Crippen LogP contribution in [0.1, 0.15) is 24.0 Å². The lowest BCUT2D eigenvalue weighted by molar-refractivity contribution is -0.120. The summed E-state index contributed by atoms with van der Waals surface area (Å²) in [5, 5.41) is 6.03. The number of hydrogen-bond acceptors (Lipinski definition) is 4. The number of halogens is 2. The number of hydrogen-bond donors (Lipinski definition) is 2. The number of methoxy groups -OCH3 is 1. The average Bonchev–Trinajstić information content (AvgIpc) is 3.04. The monoisotopic (exact) mass is 377 g/mol. The van der Waals surface area contributed by atoms with Gasteiger partial charge in [0.1, 0.15) is 0 Å². The fourth-order valence-electron chi connectivity index (χ4n) is 2.70. The number of carbonyl (C=O) groups excluding carboxylic acids is 1. The second-order valence-electron chi connectivity index (χ2n) is 5.70. The van der Waals surface area contributed by atoms with Crippen molar-refractivity contribution >= 4 is 30.7 Å². The van der Waals surface area contributed by atoms with Crippen LogP contribution in [0.2, 0.25) is 0 Å². The number of rotatable bonds is 9. The zero-order chi connectivity index (χ0) is 15.6. The van der Waals surface area contributed by atoms with E-state index < -0.39 is 0 Å². The van der Waals surface area contributed by atoms with Crippen molar-refractivity contribution in [1.29, 1.82) is 0 Å². The molecule has 2 rings (SSSR count). The third-order valence-corrected chi connectivity index (χ3v) is 3.96. The van der Waals surface area contributed by atoms with E-state index in [2.05, 4.69) is 33.7 Å². The van der Waals surface area contributed by atoms with Crippen molar-refractivity contribution in [3.8, 4) is 0 Å². The molecule has 7 heteroatoms. The van der Waals surface area contributed by atoms with Crippen molar-refractivity contribution in [3.05, 3.63) is 35.4 Å². The van der Waals surface area contributed by atoms with Gasteiger partial charge in [-0.25, -0.2) is 0 Å². The summed E-state index contributed by atoms with van der Waals surface area (Å²) in [6.45, 7) is 5.58. The number of nitrogens with one attached hydrogen (secondary N) is 2. The molecule has 1 heterocycles. The van der Waals surface area contributed by atoms with Crippen molar-refractivity contribution in [3.63, 3.8) is 0 Å². The molecule has 1 aliphatic heterocycles. The standard InChI is InChI=1S/C17H27N3O2.2ClH/c1-22-11-8-18-13-17(21)19-12-15-6-2-3-7-16(15)14-20-9-4-5-10-20;;/h2-3,6-7,18H,4-5,8-14H2,1H3,(H,19,21);2*1H. The minimum absolute atomic E-state index is 0. The van der Waals surface area contributed by atoms with Crippen molar-refractivity contribution in [2.24, 2.45) is 0 Å². The van der Waals surface area contributed by atoms with E-state index in [1.54, 1.807) is 7.11 Å². The van der Waals surface area contributed by atoms with Gasteiger partial charge in [0.25, 0.3) is 0 Å². The Bertz CT molecular complexity index is 469. The number of nitrogens with zero attached hydrogens (tertiary/aromatic N) is 1. The smallest absolute Gasteiger partial charge is 0.234 e. The molecule has 1 amide bonds. The maximum atomic E-state index is 11.8. The highest BCUT2D eigenvalue weighted by atomic mass is 35.5. The van der Waals surface area contributed by atoms with Crippen LogP contribution in [0, 0.1) is 0 Å². The van der Waals surface area contributed by atoms with Crippen LogP contribution in [0.5, 0.6) is 0 Å². The number of likely N-dealkylation sites (tertiary alicyclic amines) is 1. The Hall–Kier alpha value is -0.850. The molecule has 0 aliphatic carbocycles. The highest BCUT2D eigenvalue weighted by Crippen LogP contribution is 2.15. The molecule has 1 aliphatic rings. The van der Waals surface area contributed by atoms with Crippen LogP contribution in [-0.2, 0) is 22.6 Å². The first-order chi connectivity index (χ1) is 10.8. The molecular weight excluding hydrogens is 349 g/mol. The molecule has 1 fully saturated rings. The minimum Gasteiger partial charge on any atom is -0.383 e. The van der Waals surface area contributed by atoms with Crippen LogP contribution in [0.3, 0.4) is 0 Å². The Balaban J connectivity index is 0.00000264. The van der Waals surface area contributed by atoms with Gasteiger partial charge in [-0.2, -0.15) is 0 Å². The maximum absolute atomic E-state index is 11.8. The predicted octanol–water partition coefficient (Wildman–Crippen LogP) is 1.98. The van der Waals surface area contributed by atoms with Crippen LogP contribution in [-0.4, -0.2) is 50.7 Å². The van der Waals surface area contributed by atoms with Gasteiger partial charge >= 0.3 is 0 Å². The van der Waals surface area contributed by atoms with Gasteiger partial charge in [-0.1, -0.05) is 24.3 Å². The molecule has 0 radical (unpaired) electrons. The predicted molar refractivity (Wildman–Crippen MR) is 102 cm³/mol. The second kappa shape index (κ2) is 13.4. The summed E-state index contributed by atoms with van der Waals surface area (Å²) in [6, 6.07) is 8.37. The molecule has 0 bridgehead atoms. The van der Waals surface area contributed by atoms with E-state index in [0.717, 1.165) is 6.54 Å². The fraction of sp³-hybridized carbons (Fsp3) is 0.588. The third-order valence-electron chi connectivity index (χ3n) is 3.96. The van der Waals surface area contributed by atoms with Crippen LogP contribution in [0.4, 0.5) is 0 Å².